The van der Waals surface area contributed by atoms with Crippen LogP contribution in [0.1, 0.15) is 18.5 Å². The highest BCUT2D eigenvalue weighted by Crippen LogP contribution is 2.27. The van der Waals surface area contributed by atoms with Gasteiger partial charge in [0.1, 0.15) is 10.7 Å². The number of sulfone groups is 1. The summed E-state index contributed by atoms with van der Waals surface area (Å²) in [4.78, 5) is -0.245. The summed E-state index contributed by atoms with van der Waals surface area (Å²) in [6.07, 6.45) is 1.10. The van der Waals surface area contributed by atoms with Crippen molar-refractivity contribution < 1.29 is 21.2 Å². The van der Waals surface area contributed by atoms with E-state index in [2.05, 4.69) is 0 Å². The Hall–Kier alpha value is -1.77. The molecule has 2 aromatic rings. The minimum Gasteiger partial charge on any atom is -0.224 e. The number of nitrogens with zero attached hydrogens (tertiary/aromatic N) is 1. The predicted octanol–water partition coefficient (Wildman–Crippen LogP) is 2.61. The molecule has 24 heavy (non-hydrogen) atoms. The molecule has 0 N–H and O–H groups in total. The molecule has 2 aromatic carbocycles. The van der Waals surface area contributed by atoms with Crippen molar-refractivity contribution >= 4 is 19.9 Å². The number of halogens is 1. The minimum absolute atomic E-state index is 0.151. The van der Waals surface area contributed by atoms with E-state index in [1.165, 1.54) is 37.4 Å². The van der Waals surface area contributed by atoms with Crippen molar-refractivity contribution in [3.63, 3.8) is 0 Å². The van der Waals surface area contributed by atoms with E-state index in [1.54, 1.807) is 19.1 Å². The van der Waals surface area contributed by atoms with Gasteiger partial charge in [0.25, 0.3) is 0 Å². The van der Waals surface area contributed by atoms with Crippen LogP contribution in [0.25, 0.3) is 0 Å². The molecule has 0 saturated carbocycles. The average molecular weight is 371 g/mol. The standard InChI is InChI=1S/C16H18FNO4S2/c1-12(13-8-10-14(11-9-13)23(3,19)20)18(2)24(21,22)16-7-5-4-6-15(16)17/h4-12H,1-3H3/t12-/m0/s1. The molecule has 0 aromatic heterocycles. The summed E-state index contributed by atoms with van der Waals surface area (Å²) >= 11 is 0. The first-order valence-corrected chi connectivity index (χ1v) is 10.4. The molecule has 0 aliphatic rings. The number of hydrogen-bond donors (Lipinski definition) is 0. The van der Waals surface area contributed by atoms with Crippen molar-refractivity contribution in [2.75, 3.05) is 13.3 Å². The molecule has 0 heterocycles. The van der Waals surface area contributed by atoms with E-state index >= 15 is 0 Å². The number of sulfonamides is 1. The Labute approximate surface area is 141 Å². The van der Waals surface area contributed by atoms with Gasteiger partial charge in [-0.25, -0.2) is 21.2 Å². The van der Waals surface area contributed by atoms with Gasteiger partial charge in [0.2, 0.25) is 10.0 Å². The van der Waals surface area contributed by atoms with E-state index in [-0.39, 0.29) is 4.90 Å². The normalized spacial score (nSPS) is 13.9. The lowest BCUT2D eigenvalue weighted by Crippen LogP contribution is -2.30. The number of rotatable bonds is 5. The summed E-state index contributed by atoms with van der Waals surface area (Å²) < 4.78 is 63.0. The van der Waals surface area contributed by atoms with Crippen molar-refractivity contribution in [2.24, 2.45) is 0 Å². The minimum atomic E-state index is -4.02. The van der Waals surface area contributed by atoms with E-state index in [0.717, 1.165) is 16.6 Å². The zero-order valence-electron chi connectivity index (χ0n) is 13.5. The van der Waals surface area contributed by atoms with Gasteiger partial charge in [0, 0.05) is 19.3 Å². The summed E-state index contributed by atoms with van der Waals surface area (Å²) in [6, 6.07) is 10.5. The van der Waals surface area contributed by atoms with Crippen LogP contribution in [0.15, 0.2) is 58.3 Å². The quantitative estimate of drug-likeness (QED) is 0.810. The van der Waals surface area contributed by atoms with Gasteiger partial charge in [-0.1, -0.05) is 24.3 Å². The molecule has 0 bridgehead atoms. The first-order chi connectivity index (χ1) is 11.0. The number of benzene rings is 2. The SMILES string of the molecule is C[C@@H](c1ccc(S(C)(=O)=O)cc1)N(C)S(=O)(=O)c1ccccc1F. The fourth-order valence-electron chi connectivity index (χ4n) is 2.22. The Morgan fingerprint density at radius 2 is 1.50 bits per heavy atom. The lowest BCUT2D eigenvalue weighted by Gasteiger charge is -2.25. The second-order valence-electron chi connectivity index (χ2n) is 5.47. The molecular weight excluding hydrogens is 353 g/mol. The second-order valence-corrected chi connectivity index (χ2v) is 9.45. The fourth-order valence-corrected chi connectivity index (χ4v) is 4.26. The molecule has 0 unspecified atom stereocenters. The molecule has 0 amide bonds. The van der Waals surface area contributed by atoms with E-state index in [4.69, 9.17) is 0 Å². The zero-order valence-corrected chi connectivity index (χ0v) is 15.1. The van der Waals surface area contributed by atoms with Crippen LogP contribution in [0.3, 0.4) is 0 Å². The van der Waals surface area contributed by atoms with Crippen LogP contribution in [0.2, 0.25) is 0 Å². The second kappa shape index (κ2) is 6.62. The maximum Gasteiger partial charge on any atom is 0.246 e. The summed E-state index contributed by atoms with van der Waals surface area (Å²) in [5.74, 6) is -0.816. The molecule has 0 aliphatic heterocycles. The third-order valence-corrected chi connectivity index (χ3v) is 6.92. The van der Waals surface area contributed by atoms with Gasteiger partial charge in [0.15, 0.2) is 9.84 Å². The lowest BCUT2D eigenvalue weighted by atomic mass is 10.1. The summed E-state index contributed by atoms with van der Waals surface area (Å²) in [6.45, 7) is 1.65. The Kier molecular flexibility index (Phi) is 5.12. The molecule has 0 fully saturated rings. The molecule has 0 saturated heterocycles. The fraction of sp³-hybridized carbons (Fsp3) is 0.250. The smallest absolute Gasteiger partial charge is 0.224 e. The van der Waals surface area contributed by atoms with Crippen molar-refractivity contribution in [1.82, 2.24) is 4.31 Å². The molecule has 1 atom stereocenters. The van der Waals surface area contributed by atoms with Gasteiger partial charge >= 0.3 is 0 Å². The third kappa shape index (κ3) is 3.66. The Morgan fingerprint density at radius 3 is 2.00 bits per heavy atom. The average Bonchev–Trinajstić information content (AvgIpc) is 2.53. The highest BCUT2D eigenvalue weighted by Gasteiger charge is 2.28. The van der Waals surface area contributed by atoms with Gasteiger partial charge in [-0.15, -0.1) is 0 Å². The summed E-state index contributed by atoms with van der Waals surface area (Å²) in [7, 11) is -5.98. The number of hydrogen-bond acceptors (Lipinski definition) is 4. The molecule has 0 spiro atoms. The summed E-state index contributed by atoms with van der Waals surface area (Å²) in [5.41, 5.74) is 0.602. The van der Waals surface area contributed by atoms with Gasteiger partial charge in [-0.3, -0.25) is 0 Å². The third-order valence-electron chi connectivity index (χ3n) is 3.83. The van der Waals surface area contributed by atoms with Crippen LogP contribution >= 0.6 is 0 Å². The monoisotopic (exact) mass is 371 g/mol. The van der Waals surface area contributed by atoms with Gasteiger partial charge < -0.3 is 0 Å². The van der Waals surface area contributed by atoms with Crippen molar-refractivity contribution in [1.29, 1.82) is 0 Å². The molecule has 8 heteroatoms. The molecule has 130 valence electrons. The largest absolute Gasteiger partial charge is 0.246 e. The molecule has 0 radical (unpaired) electrons. The zero-order chi connectivity index (χ0) is 18.1. The van der Waals surface area contributed by atoms with Crippen LogP contribution < -0.4 is 0 Å². The van der Waals surface area contributed by atoms with Gasteiger partial charge in [0.05, 0.1) is 4.90 Å². The predicted molar refractivity (Wildman–Crippen MR) is 89.3 cm³/mol. The van der Waals surface area contributed by atoms with Gasteiger partial charge in [-0.05, 0) is 36.8 Å². The summed E-state index contributed by atoms with van der Waals surface area (Å²) in [5, 5.41) is 0. The van der Waals surface area contributed by atoms with E-state index in [9.17, 15) is 21.2 Å². The van der Waals surface area contributed by atoms with Crippen LogP contribution in [0.5, 0.6) is 0 Å². The Morgan fingerprint density at radius 1 is 0.958 bits per heavy atom. The maximum atomic E-state index is 13.8. The first-order valence-electron chi connectivity index (χ1n) is 7.07. The van der Waals surface area contributed by atoms with E-state index in [1.807, 2.05) is 0 Å². The van der Waals surface area contributed by atoms with Gasteiger partial charge in [-0.2, -0.15) is 4.31 Å². The van der Waals surface area contributed by atoms with Crippen molar-refractivity contribution in [2.45, 2.75) is 22.8 Å². The maximum absolute atomic E-state index is 13.8. The van der Waals surface area contributed by atoms with Crippen LogP contribution in [-0.2, 0) is 19.9 Å². The van der Waals surface area contributed by atoms with Crippen molar-refractivity contribution in [3.05, 3.63) is 59.9 Å². The Balaban J connectivity index is 2.36. The van der Waals surface area contributed by atoms with Crippen molar-refractivity contribution in [3.8, 4) is 0 Å². The molecule has 5 nitrogen and oxygen atoms in total. The Bertz CT molecular complexity index is 938. The molecular formula is C16H18FNO4S2. The topological polar surface area (TPSA) is 71.5 Å². The van der Waals surface area contributed by atoms with E-state index in [0.29, 0.717) is 5.56 Å². The van der Waals surface area contributed by atoms with Crippen LogP contribution in [0.4, 0.5) is 4.39 Å². The van der Waals surface area contributed by atoms with E-state index < -0.39 is 36.6 Å². The molecule has 0 aliphatic carbocycles. The highest BCUT2D eigenvalue weighted by atomic mass is 32.2. The molecule has 2 rings (SSSR count). The van der Waals surface area contributed by atoms with Crippen LogP contribution in [0, 0.1) is 5.82 Å². The lowest BCUT2D eigenvalue weighted by molar-refractivity contribution is 0.395. The first kappa shape index (κ1) is 18.6. The highest BCUT2D eigenvalue weighted by molar-refractivity contribution is 7.90. The van der Waals surface area contributed by atoms with Crippen LogP contribution in [-0.4, -0.2) is 34.4 Å².